The van der Waals surface area contributed by atoms with Crippen molar-refractivity contribution < 1.29 is 0 Å². The molecule has 0 aromatic carbocycles. The molecule has 0 unspecified atom stereocenters. The molecule has 6 nitrogen and oxygen atoms in total. The van der Waals surface area contributed by atoms with Gasteiger partial charge < -0.3 is 9.55 Å². The monoisotopic (exact) mass is 192 g/mol. The number of H-pyrrole nitrogens is 2. The van der Waals surface area contributed by atoms with E-state index in [9.17, 15) is 9.59 Å². The van der Waals surface area contributed by atoms with Crippen LogP contribution in [0.15, 0.2) is 28.2 Å². The molecule has 2 aromatic heterocycles. The van der Waals surface area contributed by atoms with Gasteiger partial charge in [0.25, 0.3) is 5.56 Å². The number of nitrogens with one attached hydrogen (secondary N) is 2. The molecule has 0 saturated carbocycles. The van der Waals surface area contributed by atoms with Gasteiger partial charge in [0.05, 0.1) is 5.56 Å². The fraction of sp³-hybridized carbons (Fsp3) is 0.125. The lowest BCUT2D eigenvalue weighted by Crippen LogP contribution is -2.28. The molecular formula is C8H8N4O2. The van der Waals surface area contributed by atoms with Crippen molar-refractivity contribution in [2.45, 2.75) is 0 Å². The fourth-order valence-corrected chi connectivity index (χ4v) is 1.14. The SMILES string of the molecule is Cn1cc(-c2ncc[nH]2)c(=O)[nH]c1=O. The van der Waals surface area contributed by atoms with E-state index in [1.807, 2.05) is 0 Å². The number of imidazole rings is 1. The second-order valence-electron chi connectivity index (χ2n) is 2.85. The van der Waals surface area contributed by atoms with Crippen LogP contribution in [0.3, 0.4) is 0 Å². The van der Waals surface area contributed by atoms with Crippen molar-refractivity contribution in [3.63, 3.8) is 0 Å². The maximum absolute atomic E-state index is 11.4. The Hall–Kier alpha value is -2.11. The number of aromatic amines is 2. The summed E-state index contributed by atoms with van der Waals surface area (Å²) in [6, 6.07) is 0. The van der Waals surface area contributed by atoms with Crippen LogP contribution in [0.2, 0.25) is 0 Å². The minimum atomic E-state index is -0.442. The Kier molecular flexibility index (Phi) is 1.81. The fourth-order valence-electron chi connectivity index (χ4n) is 1.14. The summed E-state index contributed by atoms with van der Waals surface area (Å²) in [6.45, 7) is 0. The number of nitrogens with zero attached hydrogens (tertiary/aromatic N) is 2. The Bertz CT molecular complexity index is 549. The zero-order valence-electron chi connectivity index (χ0n) is 7.44. The molecule has 0 fully saturated rings. The molecule has 2 heterocycles. The van der Waals surface area contributed by atoms with Crippen molar-refractivity contribution in [2.75, 3.05) is 0 Å². The molecule has 14 heavy (non-hydrogen) atoms. The highest BCUT2D eigenvalue weighted by Gasteiger charge is 2.06. The molecule has 6 heteroatoms. The molecule has 0 radical (unpaired) electrons. The molecule has 0 saturated heterocycles. The third-order valence-corrected chi connectivity index (χ3v) is 1.86. The van der Waals surface area contributed by atoms with Crippen LogP contribution in [-0.4, -0.2) is 19.5 Å². The molecule has 0 aliphatic carbocycles. The predicted octanol–water partition coefficient (Wildman–Crippen LogP) is -0.536. The summed E-state index contributed by atoms with van der Waals surface area (Å²) in [7, 11) is 1.56. The molecule has 0 aliphatic rings. The van der Waals surface area contributed by atoms with Gasteiger partial charge in [0, 0.05) is 25.6 Å². The van der Waals surface area contributed by atoms with Gasteiger partial charge in [0.15, 0.2) is 0 Å². The van der Waals surface area contributed by atoms with Crippen LogP contribution < -0.4 is 11.2 Å². The second-order valence-corrected chi connectivity index (χ2v) is 2.85. The van der Waals surface area contributed by atoms with Gasteiger partial charge in [0.1, 0.15) is 5.82 Å². The van der Waals surface area contributed by atoms with E-state index in [-0.39, 0.29) is 0 Å². The number of aromatic nitrogens is 4. The quantitative estimate of drug-likeness (QED) is 0.636. The maximum Gasteiger partial charge on any atom is 0.328 e. The molecule has 0 aliphatic heterocycles. The van der Waals surface area contributed by atoms with Crippen LogP contribution >= 0.6 is 0 Å². The van der Waals surface area contributed by atoms with Crippen LogP contribution in [0.1, 0.15) is 0 Å². The van der Waals surface area contributed by atoms with Gasteiger partial charge in [-0.3, -0.25) is 9.78 Å². The third-order valence-electron chi connectivity index (χ3n) is 1.86. The average molecular weight is 192 g/mol. The number of hydrogen-bond donors (Lipinski definition) is 2. The first kappa shape index (κ1) is 8.49. The standard InChI is InChI=1S/C8H8N4O2/c1-12-4-5(6-9-2-3-10-6)7(13)11-8(12)14/h2-4H,1H3,(H,9,10)(H,11,13,14). The first-order valence-electron chi connectivity index (χ1n) is 3.98. The highest BCUT2D eigenvalue weighted by atomic mass is 16.2. The predicted molar refractivity (Wildman–Crippen MR) is 49.9 cm³/mol. The van der Waals surface area contributed by atoms with E-state index in [1.54, 1.807) is 19.4 Å². The summed E-state index contributed by atoms with van der Waals surface area (Å²) in [5.41, 5.74) is -0.537. The van der Waals surface area contributed by atoms with Crippen LogP contribution in [0.25, 0.3) is 11.4 Å². The number of hydrogen-bond acceptors (Lipinski definition) is 3. The van der Waals surface area contributed by atoms with Gasteiger partial charge in [-0.15, -0.1) is 0 Å². The minimum absolute atomic E-state index is 0.345. The van der Waals surface area contributed by atoms with Crippen LogP contribution in [0, 0.1) is 0 Å². The third kappa shape index (κ3) is 1.26. The van der Waals surface area contributed by atoms with Gasteiger partial charge in [0.2, 0.25) is 0 Å². The summed E-state index contributed by atoms with van der Waals surface area (Å²) in [5.74, 6) is 0.446. The van der Waals surface area contributed by atoms with Crippen molar-refractivity contribution >= 4 is 0 Å². The van der Waals surface area contributed by atoms with Crippen molar-refractivity contribution in [1.29, 1.82) is 0 Å². The summed E-state index contributed by atoms with van der Waals surface area (Å²) in [5, 5.41) is 0. The summed E-state index contributed by atoms with van der Waals surface area (Å²) >= 11 is 0. The molecule has 0 spiro atoms. The first-order valence-corrected chi connectivity index (χ1v) is 3.98. The van der Waals surface area contributed by atoms with Gasteiger partial charge in [-0.1, -0.05) is 0 Å². The van der Waals surface area contributed by atoms with Crippen molar-refractivity contribution in [1.82, 2.24) is 19.5 Å². The Labute approximate surface area is 78.3 Å². The Morgan fingerprint density at radius 2 is 2.21 bits per heavy atom. The van der Waals surface area contributed by atoms with E-state index in [0.717, 1.165) is 0 Å². The number of rotatable bonds is 1. The van der Waals surface area contributed by atoms with E-state index in [2.05, 4.69) is 15.0 Å². The van der Waals surface area contributed by atoms with E-state index in [4.69, 9.17) is 0 Å². The zero-order valence-corrected chi connectivity index (χ0v) is 7.44. The van der Waals surface area contributed by atoms with Crippen LogP contribution in [0.4, 0.5) is 0 Å². The lowest BCUT2D eigenvalue weighted by Gasteiger charge is -1.98. The molecule has 2 rings (SSSR count). The zero-order chi connectivity index (χ0) is 10.1. The summed E-state index contributed by atoms with van der Waals surface area (Å²) in [4.78, 5) is 31.3. The van der Waals surface area contributed by atoms with Crippen LogP contribution in [0.5, 0.6) is 0 Å². The van der Waals surface area contributed by atoms with Gasteiger partial charge in [-0.25, -0.2) is 9.78 Å². The minimum Gasteiger partial charge on any atom is -0.344 e. The topological polar surface area (TPSA) is 83.5 Å². The van der Waals surface area contributed by atoms with E-state index < -0.39 is 11.2 Å². The Balaban J connectivity index is 2.72. The maximum atomic E-state index is 11.4. The Morgan fingerprint density at radius 1 is 1.43 bits per heavy atom. The largest absolute Gasteiger partial charge is 0.344 e. The van der Waals surface area contributed by atoms with E-state index in [0.29, 0.717) is 11.4 Å². The Morgan fingerprint density at radius 3 is 2.86 bits per heavy atom. The molecule has 0 atom stereocenters. The molecule has 0 amide bonds. The normalized spacial score (nSPS) is 10.4. The highest BCUT2D eigenvalue weighted by molar-refractivity contribution is 5.51. The number of aryl methyl sites for hydroxylation is 1. The molecular weight excluding hydrogens is 184 g/mol. The smallest absolute Gasteiger partial charge is 0.328 e. The first-order chi connectivity index (χ1) is 6.68. The highest BCUT2D eigenvalue weighted by Crippen LogP contribution is 2.05. The van der Waals surface area contributed by atoms with Gasteiger partial charge in [-0.05, 0) is 0 Å². The molecule has 0 bridgehead atoms. The van der Waals surface area contributed by atoms with Crippen molar-refractivity contribution in [2.24, 2.45) is 7.05 Å². The van der Waals surface area contributed by atoms with Crippen molar-refractivity contribution in [3.8, 4) is 11.4 Å². The average Bonchev–Trinajstić information content (AvgIpc) is 2.64. The van der Waals surface area contributed by atoms with Gasteiger partial charge in [-0.2, -0.15) is 0 Å². The lowest BCUT2D eigenvalue weighted by molar-refractivity contribution is 0.800. The van der Waals surface area contributed by atoms with E-state index >= 15 is 0 Å². The van der Waals surface area contributed by atoms with E-state index in [1.165, 1.54) is 10.8 Å². The van der Waals surface area contributed by atoms with Crippen molar-refractivity contribution in [3.05, 3.63) is 39.4 Å². The van der Waals surface area contributed by atoms with Crippen LogP contribution in [-0.2, 0) is 7.05 Å². The molecule has 2 N–H and O–H groups in total. The molecule has 72 valence electrons. The summed E-state index contributed by atoms with van der Waals surface area (Å²) in [6.07, 6.45) is 4.60. The van der Waals surface area contributed by atoms with Gasteiger partial charge >= 0.3 is 5.69 Å². The second kappa shape index (κ2) is 2.99. The molecule has 2 aromatic rings. The summed E-state index contributed by atoms with van der Waals surface area (Å²) < 4.78 is 1.29. The lowest BCUT2D eigenvalue weighted by atomic mass is 10.3.